The first kappa shape index (κ1) is 26.4. The summed E-state index contributed by atoms with van der Waals surface area (Å²) in [7, 11) is 0. The maximum atomic E-state index is 15.3. The van der Waals surface area contributed by atoms with E-state index in [1.807, 2.05) is 25.7 Å². The molecule has 2 aromatic rings. The fraction of sp³-hybridized carbons (Fsp3) is 0.724. The van der Waals surface area contributed by atoms with E-state index in [1.54, 1.807) is 0 Å². The van der Waals surface area contributed by atoms with Crippen molar-refractivity contribution in [1.29, 1.82) is 0 Å². The smallest absolute Gasteiger partial charge is 0.410 e. The van der Waals surface area contributed by atoms with Gasteiger partial charge in [-0.15, -0.1) is 0 Å². The van der Waals surface area contributed by atoms with Crippen LogP contribution in [0.25, 0.3) is 10.9 Å². The van der Waals surface area contributed by atoms with Crippen molar-refractivity contribution >= 4 is 34.4 Å². The van der Waals surface area contributed by atoms with Gasteiger partial charge in [0.15, 0.2) is 11.0 Å². The number of carbonyl (C=O) groups is 1. The third kappa shape index (κ3) is 4.37. The Balaban J connectivity index is 1.17. The van der Waals surface area contributed by atoms with Crippen molar-refractivity contribution in [3.8, 4) is 6.01 Å². The van der Waals surface area contributed by atoms with E-state index >= 15 is 4.39 Å². The number of anilines is 1. The second-order valence-electron chi connectivity index (χ2n) is 13.4. The normalized spacial score (nSPS) is 31.6. The Hall–Kier alpha value is -2.46. The molecule has 1 amide bonds. The van der Waals surface area contributed by atoms with Crippen molar-refractivity contribution < 1.29 is 18.7 Å². The maximum absolute atomic E-state index is 15.3. The van der Waals surface area contributed by atoms with Gasteiger partial charge >= 0.3 is 12.1 Å². The highest BCUT2D eigenvalue weighted by atomic mass is 35.5. The van der Waals surface area contributed by atoms with Crippen LogP contribution in [0.3, 0.4) is 0 Å². The Labute approximate surface area is 239 Å². The van der Waals surface area contributed by atoms with Crippen LogP contribution in [0, 0.1) is 11.7 Å². The fourth-order valence-electron chi connectivity index (χ4n) is 8.26. The van der Waals surface area contributed by atoms with E-state index in [0.717, 1.165) is 38.1 Å². The highest BCUT2D eigenvalue weighted by molar-refractivity contribution is 6.30. The predicted molar refractivity (Wildman–Crippen MR) is 149 cm³/mol. The molecule has 1 saturated carbocycles. The summed E-state index contributed by atoms with van der Waals surface area (Å²) in [6, 6.07) is 0.802. The molecule has 2 unspecified atom stereocenters. The topological polar surface area (TPSA) is 83.9 Å². The lowest BCUT2D eigenvalue weighted by Gasteiger charge is -2.42. The van der Waals surface area contributed by atoms with E-state index in [-0.39, 0.29) is 40.4 Å². The molecule has 9 nitrogen and oxygen atoms in total. The summed E-state index contributed by atoms with van der Waals surface area (Å²) in [5, 5.41) is 0.275. The van der Waals surface area contributed by atoms with Crippen LogP contribution in [0.15, 0.2) is 6.20 Å². The number of hydrogen-bond acceptors (Lipinski definition) is 8. The molecular formula is C29H38ClFN6O3. The molecule has 0 radical (unpaired) electrons. The largest absolute Gasteiger partial charge is 0.461 e. The van der Waals surface area contributed by atoms with Crippen molar-refractivity contribution in [3.05, 3.63) is 17.2 Å². The molecule has 5 aliphatic rings. The summed E-state index contributed by atoms with van der Waals surface area (Å²) in [5.41, 5.74) is -0.427. The molecule has 6 heterocycles. The Morgan fingerprint density at radius 3 is 2.67 bits per heavy atom. The van der Waals surface area contributed by atoms with Crippen molar-refractivity contribution in [2.45, 2.75) is 101 Å². The number of halogens is 2. The number of piperazine rings is 1. The average molecular weight is 573 g/mol. The summed E-state index contributed by atoms with van der Waals surface area (Å²) in [6.07, 6.45) is 10.4. The number of fused-ring (bicyclic) bond motifs is 6. The highest BCUT2D eigenvalue weighted by Gasteiger charge is 2.55. The number of amides is 1. The van der Waals surface area contributed by atoms with Crippen LogP contribution in [0.2, 0.25) is 5.15 Å². The standard InChI is InChI=1S/C29H38ClFN6O3/c1-28(2,3)40-27(38)37-18-8-9-19(37)15-35(14-18)25-20-13-32-24(30)22(31)23(20)33-26(34-25)39-16-29-10-5-11-36(29)21-7-4-6-17(21)12-29/h13,17-19,21H,4-12,14-16H2,1-3H3/t17-,18?,19?,21-,29+/m0/s1. The van der Waals surface area contributed by atoms with E-state index in [9.17, 15) is 4.79 Å². The monoisotopic (exact) mass is 572 g/mol. The molecule has 0 N–H and O–H groups in total. The molecule has 4 saturated heterocycles. The Morgan fingerprint density at radius 1 is 1.15 bits per heavy atom. The van der Waals surface area contributed by atoms with Crippen molar-refractivity contribution in [1.82, 2.24) is 24.8 Å². The Bertz CT molecular complexity index is 1330. The molecule has 2 bridgehead atoms. The van der Waals surface area contributed by atoms with Gasteiger partial charge in [0.25, 0.3) is 0 Å². The summed E-state index contributed by atoms with van der Waals surface area (Å²) in [5.74, 6) is 0.656. The lowest BCUT2D eigenvalue weighted by Crippen LogP contribution is -2.57. The van der Waals surface area contributed by atoms with Gasteiger partial charge in [-0.1, -0.05) is 18.0 Å². The van der Waals surface area contributed by atoms with E-state index < -0.39 is 11.4 Å². The molecule has 0 spiro atoms. The van der Waals surface area contributed by atoms with E-state index in [0.29, 0.717) is 36.9 Å². The molecule has 0 aromatic carbocycles. The van der Waals surface area contributed by atoms with Crippen LogP contribution < -0.4 is 9.64 Å². The van der Waals surface area contributed by atoms with Crippen LogP contribution in [-0.4, -0.2) is 86.4 Å². The lowest BCUT2D eigenvalue weighted by molar-refractivity contribution is 0.0122. The first-order valence-electron chi connectivity index (χ1n) is 14.8. The van der Waals surface area contributed by atoms with E-state index in [2.05, 4.69) is 19.8 Å². The van der Waals surface area contributed by atoms with Crippen molar-refractivity contribution in [2.75, 3.05) is 31.1 Å². The minimum absolute atomic E-state index is 0.0147. The van der Waals surface area contributed by atoms with E-state index in [4.69, 9.17) is 26.1 Å². The molecular weight excluding hydrogens is 535 g/mol. The van der Waals surface area contributed by atoms with Crippen LogP contribution in [0.4, 0.5) is 15.0 Å². The molecule has 2 aromatic heterocycles. The molecule has 5 atom stereocenters. The summed E-state index contributed by atoms with van der Waals surface area (Å²) in [4.78, 5) is 33.1. The van der Waals surface area contributed by atoms with Gasteiger partial charge in [0.05, 0.1) is 23.0 Å². The van der Waals surface area contributed by atoms with Gasteiger partial charge in [0.1, 0.15) is 23.5 Å². The summed E-state index contributed by atoms with van der Waals surface area (Å²) >= 11 is 6.08. The third-order valence-corrected chi connectivity index (χ3v) is 10.0. The van der Waals surface area contributed by atoms with Crippen molar-refractivity contribution in [2.24, 2.45) is 5.92 Å². The average Bonchev–Trinajstić information content (AvgIpc) is 3.63. The Kier molecular flexibility index (Phi) is 6.31. The zero-order chi connectivity index (χ0) is 27.8. The molecule has 4 aliphatic heterocycles. The summed E-state index contributed by atoms with van der Waals surface area (Å²) in [6.45, 7) is 8.39. The number of pyridine rings is 1. The zero-order valence-corrected chi connectivity index (χ0v) is 24.3. The molecule has 40 heavy (non-hydrogen) atoms. The number of carbonyl (C=O) groups excluding carboxylic acids is 1. The van der Waals surface area contributed by atoms with Crippen LogP contribution in [-0.2, 0) is 4.74 Å². The third-order valence-electron chi connectivity index (χ3n) is 9.77. The van der Waals surface area contributed by atoms with Gasteiger partial charge in [-0.25, -0.2) is 14.2 Å². The molecule has 7 rings (SSSR count). The minimum atomic E-state index is -0.668. The van der Waals surface area contributed by atoms with Gasteiger partial charge < -0.3 is 14.4 Å². The first-order chi connectivity index (χ1) is 19.1. The maximum Gasteiger partial charge on any atom is 0.410 e. The molecule has 216 valence electrons. The van der Waals surface area contributed by atoms with Gasteiger partial charge in [-0.2, -0.15) is 9.97 Å². The number of rotatable bonds is 4. The number of ether oxygens (including phenoxy) is 2. The zero-order valence-electron chi connectivity index (χ0n) is 23.5. The number of aromatic nitrogens is 3. The van der Waals surface area contributed by atoms with Crippen molar-refractivity contribution in [3.63, 3.8) is 0 Å². The van der Waals surface area contributed by atoms with Gasteiger partial charge in [-0.3, -0.25) is 9.80 Å². The molecule has 5 fully saturated rings. The highest BCUT2D eigenvalue weighted by Crippen LogP contribution is 2.51. The van der Waals surface area contributed by atoms with Crippen LogP contribution in [0.5, 0.6) is 6.01 Å². The number of hydrogen-bond donors (Lipinski definition) is 0. The molecule has 1 aliphatic carbocycles. The van der Waals surface area contributed by atoms with Gasteiger partial charge in [0.2, 0.25) is 0 Å². The second kappa shape index (κ2) is 9.54. The molecule has 11 heteroatoms. The fourth-order valence-corrected chi connectivity index (χ4v) is 8.39. The predicted octanol–water partition coefficient (Wildman–Crippen LogP) is 5.19. The van der Waals surface area contributed by atoms with Gasteiger partial charge in [-0.05, 0) is 78.2 Å². The Morgan fingerprint density at radius 2 is 1.93 bits per heavy atom. The van der Waals surface area contributed by atoms with E-state index in [1.165, 1.54) is 31.9 Å². The second-order valence-corrected chi connectivity index (χ2v) is 13.8. The van der Waals surface area contributed by atoms with Crippen LogP contribution in [0.1, 0.15) is 72.1 Å². The number of nitrogens with zero attached hydrogens (tertiary/aromatic N) is 6. The quantitative estimate of drug-likeness (QED) is 0.463. The first-order valence-corrected chi connectivity index (χ1v) is 15.2. The van der Waals surface area contributed by atoms with Crippen LogP contribution >= 0.6 is 11.6 Å². The van der Waals surface area contributed by atoms with Gasteiger partial charge in [0, 0.05) is 25.3 Å². The SMILES string of the molecule is CC(C)(C)OC(=O)N1C2CCC1CN(c1nc(OC[C@]34CCCN3[C@H]3CCC[C@H]3C4)nc3c(F)c(Cl)ncc13)C2. The minimum Gasteiger partial charge on any atom is -0.461 e. The lowest BCUT2D eigenvalue weighted by atomic mass is 9.90. The summed E-state index contributed by atoms with van der Waals surface area (Å²) < 4.78 is 27.4.